The Morgan fingerprint density at radius 1 is 0.926 bits per heavy atom. The highest BCUT2D eigenvalue weighted by molar-refractivity contribution is 5.90. The van der Waals surface area contributed by atoms with Crippen molar-refractivity contribution in [2.24, 2.45) is 0 Å². The molecule has 0 saturated heterocycles. The smallest absolute Gasteiger partial charge is 0.230 e. The molecule has 1 amide bonds. The van der Waals surface area contributed by atoms with Crippen LogP contribution in [0.5, 0.6) is 17.2 Å². The molecule has 0 aromatic heterocycles. The predicted octanol–water partition coefficient (Wildman–Crippen LogP) is 1.80. The number of carbonyl (C=O) groups is 1. The molecule has 6 heteroatoms. The first-order valence-corrected chi connectivity index (χ1v) is 9.01. The molecule has 146 valence electrons. The summed E-state index contributed by atoms with van der Waals surface area (Å²) in [6.45, 7) is 1.71. The molecule has 27 heavy (non-hydrogen) atoms. The van der Waals surface area contributed by atoms with Gasteiger partial charge >= 0.3 is 0 Å². The van der Waals surface area contributed by atoms with Gasteiger partial charge in [-0.3, -0.25) is 4.79 Å². The van der Waals surface area contributed by atoms with Crippen molar-refractivity contribution < 1.29 is 23.9 Å². The fourth-order valence-corrected chi connectivity index (χ4v) is 2.74. The lowest BCUT2D eigenvalue weighted by atomic mass is 10.1. The highest BCUT2D eigenvalue weighted by atomic mass is 16.5. The average molecular weight is 373 g/mol. The Hall–Kier alpha value is -2.73. The van der Waals surface area contributed by atoms with E-state index in [-0.39, 0.29) is 5.91 Å². The molecule has 2 N–H and O–H groups in total. The van der Waals surface area contributed by atoms with E-state index in [9.17, 15) is 4.79 Å². The zero-order chi connectivity index (χ0) is 19.6. The Morgan fingerprint density at radius 2 is 1.63 bits per heavy atom. The predicted molar refractivity (Wildman–Crippen MR) is 106 cm³/mol. The highest BCUT2D eigenvalue weighted by Gasteiger charge is 2.10. The minimum absolute atomic E-state index is 0.0191. The molecule has 0 aliphatic carbocycles. The van der Waals surface area contributed by atoms with E-state index < -0.39 is 0 Å². The van der Waals surface area contributed by atoms with E-state index in [1.165, 1.54) is 10.5 Å². The minimum Gasteiger partial charge on any atom is -0.497 e. The minimum atomic E-state index is 0.0191. The number of benzene rings is 2. The molecular formula is C21H29N2O4+. The van der Waals surface area contributed by atoms with Crippen LogP contribution in [0.2, 0.25) is 0 Å². The van der Waals surface area contributed by atoms with Crippen LogP contribution in [0, 0.1) is 0 Å². The highest BCUT2D eigenvalue weighted by Crippen LogP contribution is 2.27. The summed E-state index contributed by atoms with van der Waals surface area (Å²) in [6, 6.07) is 13.3. The van der Waals surface area contributed by atoms with Crippen molar-refractivity contribution in [1.82, 2.24) is 0 Å². The van der Waals surface area contributed by atoms with E-state index in [0.717, 1.165) is 42.4 Å². The van der Waals surface area contributed by atoms with Crippen LogP contribution in [0.25, 0.3) is 0 Å². The Balaban J connectivity index is 1.75. The largest absolute Gasteiger partial charge is 0.497 e. The zero-order valence-electron chi connectivity index (χ0n) is 16.5. The number of methoxy groups -OCH3 is 3. The number of hydrogen-bond acceptors (Lipinski definition) is 4. The van der Waals surface area contributed by atoms with Crippen LogP contribution < -0.4 is 24.4 Å². The summed E-state index contributed by atoms with van der Waals surface area (Å²) < 4.78 is 15.7. The van der Waals surface area contributed by atoms with Crippen LogP contribution >= 0.6 is 0 Å². The number of anilines is 1. The van der Waals surface area contributed by atoms with Gasteiger partial charge in [-0.25, -0.2) is 0 Å². The number of carbonyl (C=O) groups excluding carboxylic acids is 1. The topological polar surface area (TPSA) is 61.2 Å². The van der Waals surface area contributed by atoms with Gasteiger partial charge in [-0.15, -0.1) is 0 Å². The molecule has 0 saturated carbocycles. The van der Waals surface area contributed by atoms with E-state index in [2.05, 4.69) is 12.4 Å². The summed E-state index contributed by atoms with van der Waals surface area (Å²) in [7, 11) is 6.99. The molecule has 0 fully saturated rings. The lowest BCUT2D eigenvalue weighted by Crippen LogP contribution is -3.09. The molecule has 0 aliphatic rings. The third-order valence-corrected chi connectivity index (χ3v) is 4.44. The monoisotopic (exact) mass is 373 g/mol. The number of rotatable bonds is 10. The molecule has 2 rings (SSSR count). The maximum Gasteiger partial charge on any atom is 0.230 e. The first-order chi connectivity index (χ1) is 13.0. The normalized spacial score (nSPS) is 11.6. The van der Waals surface area contributed by atoms with Gasteiger partial charge in [0.2, 0.25) is 5.91 Å². The number of ether oxygens (including phenoxy) is 3. The van der Waals surface area contributed by atoms with Gasteiger partial charge in [0.15, 0.2) is 11.5 Å². The Bertz CT molecular complexity index is 731. The Kier molecular flexibility index (Phi) is 7.95. The second kappa shape index (κ2) is 10.4. The van der Waals surface area contributed by atoms with E-state index >= 15 is 0 Å². The van der Waals surface area contributed by atoms with Gasteiger partial charge in [0.05, 0.1) is 47.9 Å². The standard InChI is InChI=1S/C21H28N2O4/c1-23(13-11-16-5-10-19(26-3)20(15-16)27-4)14-12-21(24)22-17-6-8-18(25-2)9-7-17/h5-10,15H,11-14H2,1-4H3,(H,22,24)/p+1. The van der Waals surface area contributed by atoms with Crippen molar-refractivity contribution >= 4 is 11.6 Å². The van der Waals surface area contributed by atoms with Crippen molar-refractivity contribution in [2.45, 2.75) is 12.8 Å². The average Bonchev–Trinajstić information content (AvgIpc) is 2.71. The lowest BCUT2D eigenvalue weighted by Gasteiger charge is -2.15. The quantitative estimate of drug-likeness (QED) is 0.667. The summed E-state index contributed by atoms with van der Waals surface area (Å²) in [5.41, 5.74) is 1.97. The van der Waals surface area contributed by atoms with Gasteiger partial charge < -0.3 is 24.4 Å². The molecule has 1 atom stereocenters. The van der Waals surface area contributed by atoms with Gasteiger partial charge in [0.1, 0.15) is 5.75 Å². The molecule has 6 nitrogen and oxygen atoms in total. The number of likely N-dealkylation sites (N-methyl/N-ethyl adjacent to an activating group) is 1. The van der Waals surface area contributed by atoms with Gasteiger partial charge in [-0.05, 0) is 42.0 Å². The SMILES string of the molecule is COc1ccc(NC(=O)CC[NH+](C)CCc2ccc(OC)c(OC)c2)cc1. The first kappa shape index (κ1) is 20.6. The Morgan fingerprint density at radius 3 is 2.26 bits per heavy atom. The second-order valence-electron chi connectivity index (χ2n) is 6.42. The fraction of sp³-hybridized carbons (Fsp3) is 0.381. The van der Waals surface area contributed by atoms with Crippen molar-refractivity contribution in [3.63, 3.8) is 0 Å². The molecule has 0 bridgehead atoms. The molecule has 0 heterocycles. The van der Waals surface area contributed by atoms with E-state index in [1.54, 1.807) is 21.3 Å². The number of hydrogen-bond donors (Lipinski definition) is 2. The molecule has 2 aromatic carbocycles. The third-order valence-electron chi connectivity index (χ3n) is 4.44. The number of quaternary nitrogens is 1. The number of nitrogens with one attached hydrogen (secondary N) is 2. The molecule has 0 spiro atoms. The molecular weight excluding hydrogens is 344 g/mol. The van der Waals surface area contributed by atoms with Crippen LogP contribution in [-0.2, 0) is 11.2 Å². The second-order valence-corrected chi connectivity index (χ2v) is 6.42. The van der Waals surface area contributed by atoms with E-state index in [1.807, 2.05) is 42.5 Å². The van der Waals surface area contributed by atoms with Gasteiger partial charge in [-0.2, -0.15) is 0 Å². The van der Waals surface area contributed by atoms with Crippen molar-refractivity contribution in [3.8, 4) is 17.2 Å². The molecule has 2 aromatic rings. The maximum atomic E-state index is 12.1. The number of amides is 1. The summed E-state index contributed by atoms with van der Waals surface area (Å²) in [6.07, 6.45) is 1.39. The first-order valence-electron chi connectivity index (χ1n) is 9.01. The summed E-state index contributed by atoms with van der Waals surface area (Å²) in [5.74, 6) is 2.27. The maximum absolute atomic E-state index is 12.1. The van der Waals surface area contributed by atoms with Crippen LogP contribution in [0.15, 0.2) is 42.5 Å². The van der Waals surface area contributed by atoms with Crippen LogP contribution in [0.4, 0.5) is 5.69 Å². The van der Waals surface area contributed by atoms with E-state index in [0.29, 0.717) is 6.42 Å². The van der Waals surface area contributed by atoms with E-state index in [4.69, 9.17) is 14.2 Å². The third kappa shape index (κ3) is 6.49. The van der Waals surface area contributed by atoms with Crippen LogP contribution in [0.1, 0.15) is 12.0 Å². The summed E-state index contributed by atoms with van der Waals surface area (Å²) >= 11 is 0. The van der Waals surface area contributed by atoms with Gasteiger partial charge in [0.25, 0.3) is 0 Å². The molecule has 0 aliphatic heterocycles. The zero-order valence-corrected chi connectivity index (χ0v) is 16.5. The summed E-state index contributed by atoms with van der Waals surface area (Å²) in [4.78, 5) is 13.4. The van der Waals surface area contributed by atoms with Crippen LogP contribution in [0.3, 0.4) is 0 Å². The van der Waals surface area contributed by atoms with Gasteiger partial charge in [0, 0.05) is 12.1 Å². The summed E-state index contributed by atoms with van der Waals surface area (Å²) in [5, 5.41) is 2.91. The van der Waals surface area contributed by atoms with Crippen molar-refractivity contribution in [1.29, 1.82) is 0 Å². The molecule has 0 radical (unpaired) electrons. The van der Waals surface area contributed by atoms with Crippen molar-refractivity contribution in [3.05, 3.63) is 48.0 Å². The van der Waals surface area contributed by atoms with Crippen LogP contribution in [-0.4, -0.2) is 47.4 Å². The Labute approximate surface area is 161 Å². The van der Waals surface area contributed by atoms with Crippen molar-refractivity contribution in [2.75, 3.05) is 46.8 Å². The molecule has 1 unspecified atom stereocenters. The van der Waals surface area contributed by atoms with Gasteiger partial charge in [-0.1, -0.05) is 6.07 Å². The fourth-order valence-electron chi connectivity index (χ4n) is 2.74. The lowest BCUT2D eigenvalue weighted by molar-refractivity contribution is -0.878.